The van der Waals surface area contributed by atoms with E-state index < -0.39 is 5.38 Å². The summed E-state index contributed by atoms with van der Waals surface area (Å²) in [5.41, 5.74) is 0.659. The lowest BCUT2D eigenvalue weighted by molar-refractivity contribution is -0.116. The Hall–Kier alpha value is -1.35. The molecule has 1 rings (SSSR count). The number of benzene rings is 1. The third-order valence-corrected chi connectivity index (χ3v) is 2.37. The number of carbonyl (C=O) groups excluding carboxylic acids is 2. The summed E-state index contributed by atoms with van der Waals surface area (Å²) in [5, 5.41) is 8.26. The van der Waals surface area contributed by atoms with Crippen LogP contribution in [0.5, 0.6) is 5.75 Å². The smallest absolute Gasteiger partial charge is 0.152 e. The van der Waals surface area contributed by atoms with Crippen LogP contribution in [-0.4, -0.2) is 17.2 Å². The van der Waals surface area contributed by atoms with E-state index in [2.05, 4.69) is 0 Å². The van der Waals surface area contributed by atoms with Crippen LogP contribution in [0.2, 0.25) is 0 Å². The summed E-state index contributed by atoms with van der Waals surface area (Å²) in [6, 6.07) is 4.14. The van der Waals surface area contributed by atoms with Crippen molar-refractivity contribution < 1.29 is 14.7 Å². The third-order valence-electron chi connectivity index (χ3n) is 1.83. The quantitative estimate of drug-likeness (QED) is 0.617. The molecular weight excluding hydrogens is 204 g/mol. The average Bonchev–Trinajstić information content (AvgIpc) is 2.16. The van der Waals surface area contributed by atoms with Crippen molar-refractivity contribution in [3.05, 3.63) is 29.3 Å². The molecule has 0 radical (unpaired) electrons. The molecule has 0 aliphatic heterocycles. The van der Waals surface area contributed by atoms with Crippen LogP contribution in [0.15, 0.2) is 18.2 Å². The minimum Gasteiger partial charge on any atom is -0.508 e. The van der Waals surface area contributed by atoms with Crippen molar-refractivity contribution in [2.24, 2.45) is 0 Å². The zero-order valence-corrected chi connectivity index (χ0v) is 8.28. The van der Waals surface area contributed by atoms with Crippen molar-refractivity contribution in [3.8, 4) is 5.75 Å². The van der Waals surface area contributed by atoms with E-state index >= 15 is 0 Å². The number of aldehydes is 1. The van der Waals surface area contributed by atoms with Gasteiger partial charge >= 0.3 is 0 Å². The average molecular weight is 213 g/mol. The van der Waals surface area contributed by atoms with E-state index in [1.165, 1.54) is 25.1 Å². The van der Waals surface area contributed by atoms with Gasteiger partial charge in [0.25, 0.3) is 0 Å². The Kier molecular flexibility index (Phi) is 3.25. The molecule has 1 N–H and O–H groups in total. The van der Waals surface area contributed by atoms with E-state index in [1.54, 1.807) is 0 Å². The first-order chi connectivity index (χ1) is 6.56. The van der Waals surface area contributed by atoms with Crippen LogP contribution in [-0.2, 0) is 4.79 Å². The second kappa shape index (κ2) is 4.24. The van der Waals surface area contributed by atoms with Crippen molar-refractivity contribution in [1.29, 1.82) is 0 Å². The second-order valence-electron chi connectivity index (χ2n) is 2.90. The van der Waals surface area contributed by atoms with Crippen molar-refractivity contribution in [1.82, 2.24) is 0 Å². The standard InChI is InChI=1S/C10H9ClO3/c1-6(13)10(11)9-3-2-8(14)4-7(9)5-12/h2-5,10,14H,1H3. The van der Waals surface area contributed by atoms with Gasteiger partial charge in [0.15, 0.2) is 12.1 Å². The number of carbonyl (C=O) groups is 2. The maximum atomic E-state index is 11.0. The Labute approximate surface area is 86.3 Å². The normalized spacial score (nSPS) is 12.1. The van der Waals surface area contributed by atoms with Crippen LogP contribution in [0.4, 0.5) is 0 Å². The maximum absolute atomic E-state index is 11.0. The topological polar surface area (TPSA) is 54.4 Å². The summed E-state index contributed by atoms with van der Waals surface area (Å²) in [6.07, 6.45) is 0.563. The molecule has 74 valence electrons. The van der Waals surface area contributed by atoms with Crippen molar-refractivity contribution in [2.45, 2.75) is 12.3 Å². The van der Waals surface area contributed by atoms with Gasteiger partial charge in [0.05, 0.1) is 0 Å². The highest BCUT2D eigenvalue weighted by Gasteiger charge is 2.16. The molecule has 1 atom stereocenters. The zero-order valence-electron chi connectivity index (χ0n) is 7.53. The maximum Gasteiger partial charge on any atom is 0.152 e. The van der Waals surface area contributed by atoms with E-state index in [-0.39, 0.29) is 17.1 Å². The number of rotatable bonds is 3. The molecule has 14 heavy (non-hydrogen) atoms. The fourth-order valence-electron chi connectivity index (χ4n) is 1.11. The van der Waals surface area contributed by atoms with Crippen molar-refractivity contribution >= 4 is 23.7 Å². The molecule has 0 aliphatic carbocycles. The van der Waals surface area contributed by atoms with E-state index in [9.17, 15) is 9.59 Å². The number of halogens is 1. The Morgan fingerprint density at radius 2 is 2.21 bits per heavy atom. The molecule has 0 saturated carbocycles. The van der Waals surface area contributed by atoms with Crippen LogP contribution in [0.3, 0.4) is 0 Å². The van der Waals surface area contributed by atoms with Gasteiger partial charge < -0.3 is 5.11 Å². The Morgan fingerprint density at radius 1 is 1.57 bits per heavy atom. The van der Waals surface area contributed by atoms with Crippen molar-refractivity contribution in [2.75, 3.05) is 0 Å². The summed E-state index contributed by atoms with van der Waals surface area (Å²) in [7, 11) is 0. The number of aromatic hydroxyl groups is 1. The fraction of sp³-hybridized carbons (Fsp3) is 0.200. The minimum atomic E-state index is -0.837. The van der Waals surface area contributed by atoms with Crippen LogP contribution in [0.1, 0.15) is 28.2 Å². The highest BCUT2D eigenvalue weighted by atomic mass is 35.5. The molecule has 4 heteroatoms. The molecule has 0 aromatic heterocycles. The van der Waals surface area contributed by atoms with E-state index in [0.29, 0.717) is 11.8 Å². The van der Waals surface area contributed by atoms with Gasteiger partial charge in [-0.1, -0.05) is 6.07 Å². The molecule has 1 aromatic carbocycles. The fourth-order valence-corrected chi connectivity index (χ4v) is 1.31. The highest BCUT2D eigenvalue weighted by Crippen LogP contribution is 2.26. The van der Waals surface area contributed by atoms with Gasteiger partial charge in [-0.15, -0.1) is 11.6 Å². The molecule has 1 unspecified atom stereocenters. The van der Waals surface area contributed by atoms with Gasteiger partial charge in [-0.05, 0) is 24.6 Å². The molecule has 3 nitrogen and oxygen atoms in total. The molecule has 0 amide bonds. The Morgan fingerprint density at radius 3 is 2.71 bits per heavy atom. The monoisotopic (exact) mass is 212 g/mol. The lowest BCUT2D eigenvalue weighted by Gasteiger charge is -2.08. The van der Waals surface area contributed by atoms with Crippen LogP contribution in [0, 0.1) is 0 Å². The van der Waals surface area contributed by atoms with Gasteiger partial charge in [0.1, 0.15) is 11.1 Å². The van der Waals surface area contributed by atoms with Gasteiger partial charge in [0.2, 0.25) is 0 Å². The molecule has 0 bridgehead atoms. The minimum absolute atomic E-state index is 0.0248. The van der Waals surface area contributed by atoms with E-state index in [0.717, 1.165) is 0 Å². The number of Topliss-reactive ketones (excluding diaryl/α,β-unsaturated/α-hetero) is 1. The summed E-state index contributed by atoms with van der Waals surface area (Å²) in [6.45, 7) is 1.35. The van der Waals surface area contributed by atoms with E-state index in [1.807, 2.05) is 0 Å². The summed E-state index contributed by atoms with van der Waals surface area (Å²) in [4.78, 5) is 21.6. The SMILES string of the molecule is CC(=O)C(Cl)c1ccc(O)cc1C=O. The predicted octanol–water partition coefficient (Wildman–Crippen LogP) is 2.07. The predicted molar refractivity (Wildman–Crippen MR) is 52.8 cm³/mol. The molecule has 0 fully saturated rings. The number of phenols is 1. The molecule has 0 saturated heterocycles. The first kappa shape index (κ1) is 10.7. The molecule has 1 aromatic rings. The van der Waals surface area contributed by atoms with Gasteiger partial charge in [-0.2, -0.15) is 0 Å². The first-order valence-electron chi connectivity index (χ1n) is 3.99. The largest absolute Gasteiger partial charge is 0.508 e. The van der Waals surface area contributed by atoms with Crippen LogP contribution < -0.4 is 0 Å². The number of phenolic OH excluding ortho intramolecular Hbond substituents is 1. The summed E-state index contributed by atoms with van der Waals surface area (Å²) in [5.74, 6) is -0.260. The third kappa shape index (κ3) is 2.12. The summed E-state index contributed by atoms with van der Waals surface area (Å²) >= 11 is 5.79. The van der Waals surface area contributed by atoms with Gasteiger partial charge in [0, 0.05) is 5.56 Å². The lowest BCUT2D eigenvalue weighted by Crippen LogP contribution is -2.04. The van der Waals surface area contributed by atoms with Crippen molar-refractivity contribution in [3.63, 3.8) is 0 Å². The second-order valence-corrected chi connectivity index (χ2v) is 3.34. The molecule has 0 heterocycles. The number of alkyl halides is 1. The molecule has 0 aliphatic rings. The van der Waals surface area contributed by atoms with E-state index in [4.69, 9.17) is 16.7 Å². The molecular formula is C10H9ClO3. The highest BCUT2D eigenvalue weighted by molar-refractivity contribution is 6.31. The Balaban J connectivity index is 3.20. The first-order valence-corrected chi connectivity index (χ1v) is 4.42. The van der Waals surface area contributed by atoms with Gasteiger partial charge in [-0.3, -0.25) is 9.59 Å². The number of hydrogen-bond acceptors (Lipinski definition) is 3. The van der Waals surface area contributed by atoms with Crippen LogP contribution in [0.25, 0.3) is 0 Å². The summed E-state index contributed by atoms with van der Waals surface area (Å²) < 4.78 is 0. The van der Waals surface area contributed by atoms with Crippen LogP contribution >= 0.6 is 11.6 Å². The Bertz CT molecular complexity index is 374. The zero-order chi connectivity index (χ0) is 10.7. The number of hydrogen-bond donors (Lipinski definition) is 1. The molecule has 0 spiro atoms. The van der Waals surface area contributed by atoms with Gasteiger partial charge in [-0.25, -0.2) is 0 Å². The number of ketones is 1. The lowest BCUT2D eigenvalue weighted by atomic mass is 10.0.